The number of aliphatic hydroxyl groups excluding tert-OH is 1. The Morgan fingerprint density at radius 3 is 3.04 bits per heavy atom. The van der Waals surface area contributed by atoms with Crippen LogP contribution in [0.1, 0.15) is 36.5 Å². The van der Waals surface area contributed by atoms with Crippen LogP contribution in [-0.2, 0) is 0 Å². The third kappa shape index (κ3) is 3.07. The fraction of sp³-hybridized carbons (Fsp3) is 0.467. The number of amides is 1. The average Bonchev–Trinajstić information content (AvgIpc) is 3.18. The number of nitrogens with one attached hydrogen (secondary N) is 1. The number of aliphatic hydroxyl groups is 1. The molecule has 122 valence electrons. The number of aromatic nitrogens is 4. The zero-order chi connectivity index (χ0) is 16.4. The van der Waals surface area contributed by atoms with E-state index in [-0.39, 0.29) is 24.0 Å². The molecule has 1 saturated carbocycles. The molecule has 1 aromatic carbocycles. The van der Waals surface area contributed by atoms with E-state index in [4.69, 9.17) is 11.6 Å². The van der Waals surface area contributed by atoms with Crippen molar-refractivity contribution in [3.8, 4) is 5.69 Å². The van der Waals surface area contributed by atoms with Gasteiger partial charge in [0.2, 0.25) is 0 Å². The maximum absolute atomic E-state index is 12.5. The smallest absolute Gasteiger partial charge is 0.253 e. The van der Waals surface area contributed by atoms with Crippen LogP contribution in [0.5, 0.6) is 0 Å². The Morgan fingerprint density at radius 2 is 2.39 bits per heavy atom. The highest BCUT2D eigenvalue weighted by atomic mass is 35.5. The number of carbonyl (C=O) groups excluding carboxylic acids is 1. The molecule has 0 spiro atoms. The molecule has 0 aliphatic heterocycles. The highest BCUT2D eigenvalue weighted by Crippen LogP contribution is 2.37. The van der Waals surface area contributed by atoms with E-state index in [2.05, 4.69) is 20.8 Å². The summed E-state index contributed by atoms with van der Waals surface area (Å²) in [4.78, 5) is 12.5. The molecule has 1 aliphatic rings. The van der Waals surface area contributed by atoms with Gasteiger partial charge < -0.3 is 10.4 Å². The fourth-order valence-electron chi connectivity index (χ4n) is 3.01. The molecule has 2 atom stereocenters. The number of tetrazole rings is 1. The largest absolute Gasteiger partial charge is 0.396 e. The number of hydrogen-bond donors (Lipinski definition) is 2. The van der Waals surface area contributed by atoms with Crippen molar-refractivity contribution in [2.75, 3.05) is 6.61 Å². The molecule has 3 rings (SSSR count). The third-order valence-corrected chi connectivity index (χ3v) is 4.87. The van der Waals surface area contributed by atoms with Gasteiger partial charge in [0.15, 0.2) is 0 Å². The Kier molecular flexibility index (Phi) is 4.32. The summed E-state index contributed by atoms with van der Waals surface area (Å²) in [5.41, 5.74) is 0.808. The van der Waals surface area contributed by atoms with Crippen LogP contribution in [-0.4, -0.2) is 43.9 Å². The van der Waals surface area contributed by atoms with Crippen molar-refractivity contribution in [1.82, 2.24) is 25.5 Å². The molecular weight excluding hydrogens is 318 g/mol. The Balaban J connectivity index is 1.78. The van der Waals surface area contributed by atoms with E-state index in [1.807, 2.05) is 6.92 Å². The molecule has 2 N–H and O–H groups in total. The minimum absolute atomic E-state index is 0.0461. The number of hydrogen-bond acceptors (Lipinski definition) is 5. The van der Waals surface area contributed by atoms with Gasteiger partial charge in [-0.15, -0.1) is 5.10 Å². The van der Waals surface area contributed by atoms with Crippen LogP contribution in [0, 0.1) is 5.41 Å². The number of benzene rings is 1. The van der Waals surface area contributed by atoms with Crippen molar-refractivity contribution in [2.45, 2.75) is 32.2 Å². The first-order chi connectivity index (χ1) is 11.0. The maximum atomic E-state index is 12.5. The minimum atomic E-state index is -0.269. The molecule has 0 bridgehead atoms. The lowest BCUT2D eigenvalue weighted by atomic mass is 9.85. The molecule has 0 radical (unpaired) electrons. The predicted molar refractivity (Wildman–Crippen MR) is 84.5 cm³/mol. The zero-order valence-corrected chi connectivity index (χ0v) is 13.5. The lowest BCUT2D eigenvalue weighted by Gasteiger charge is -2.30. The molecule has 1 amide bonds. The molecule has 8 heteroatoms. The summed E-state index contributed by atoms with van der Waals surface area (Å²) in [5.74, 6) is -0.232. The van der Waals surface area contributed by atoms with E-state index in [1.54, 1.807) is 18.2 Å². The quantitative estimate of drug-likeness (QED) is 0.885. The molecule has 1 aromatic heterocycles. The van der Waals surface area contributed by atoms with Crippen molar-refractivity contribution in [2.24, 2.45) is 5.41 Å². The Labute approximate surface area is 138 Å². The third-order valence-electron chi connectivity index (χ3n) is 4.56. The summed E-state index contributed by atoms with van der Waals surface area (Å²) < 4.78 is 1.47. The second-order valence-corrected chi connectivity index (χ2v) is 6.56. The van der Waals surface area contributed by atoms with Gasteiger partial charge in [0, 0.05) is 11.5 Å². The second kappa shape index (κ2) is 6.25. The monoisotopic (exact) mass is 335 g/mol. The number of rotatable bonds is 4. The van der Waals surface area contributed by atoms with Crippen LogP contribution in [0.25, 0.3) is 5.69 Å². The van der Waals surface area contributed by atoms with Crippen LogP contribution in [0.2, 0.25) is 5.02 Å². The van der Waals surface area contributed by atoms with E-state index in [0.29, 0.717) is 16.3 Å². The molecule has 1 aliphatic carbocycles. The highest BCUT2D eigenvalue weighted by Gasteiger charge is 2.39. The molecule has 23 heavy (non-hydrogen) atoms. The lowest BCUT2D eigenvalue weighted by molar-refractivity contribution is 0.0830. The van der Waals surface area contributed by atoms with Crippen LogP contribution in [0.15, 0.2) is 24.5 Å². The Bertz CT molecular complexity index is 706. The van der Waals surface area contributed by atoms with E-state index >= 15 is 0 Å². The maximum Gasteiger partial charge on any atom is 0.253 e. The van der Waals surface area contributed by atoms with E-state index in [1.165, 1.54) is 11.0 Å². The number of carbonyl (C=O) groups is 1. The first kappa shape index (κ1) is 15.9. The van der Waals surface area contributed by atoms with Crippen molar-refractivity contribution in [3.63, 3.8) is 0 Å². The van der Waals surface area contributed by atoms with Gasteiger partial charge >= 0.3 is 0 Å². The van der Waals surface area contributed by atoms with Crippen LogP contribution in [0.3, 0.4) is 0 Å². The lowest BCUT2D eigenvalue weighted by Crippen LogP contribution is -2.44. The SMILES string of the molecule is CC1(CO)CCCC1NC(=O)c1ccc(-n2cnnn2)cc1Cl. The van der Waals surface area contributed by atoms with Crippen molar-refractivity contribution < 1.29 is 9.90 Å². The van der Waals surface area contributed by atoms with Gasteiger partial charge in [-0.05, 0) is 41.5 Å². The normalized spacial score (nSPS) is 23.9. The van der Waals surface area contributed by atoms with Gasteiger partial charge in [0.25, 0.3) is 5.91 Å². The van der Waals surface area contributed by atoms with Gasteiger partial charge in [-0.1, -0.05) is 24.9 Å². The summed E-state index contributed by atoms with van der Waals surface area (Å²) in [7, 11) is 0. The minimum Gasteiger partial charge on any atom is -0.396 e. The second-order valence-electron chi connectivity index (χ2n) is 6.15. The van der Waals surface area contributed by atoms with Gasteiger partial charge in [-0.2, -0.15) is 0 Å². The summed E-state index contributed by atoms with van der Waals surface area (Å²) in [6, 6.07) is 4.99. The van der Waals surface area contributed by atoms with Crippen molar-refractivity contribution in [1.29, 1.82) is 0 Å². The Morgan fingerprint density at radius 1 is 1.57 bits per heavy atom. The highest BCUT2D eigenvalue weighted by molar-refractivity contribution is 6.34. The van der Waals surface area contributed by atoms with Gasteiger partial charge in [0.1, 0.15) is 6.33 Å². The number of halogens is 1. The first-order valence-corrected chi connectivity index (χ1v) is 7.86. The molecular formula is C15H18ClN5O2. The molecule has 1 heterocycles. The molecule has 2 aromatic rings. The fourth-order valence-corrected chi connectivity index (χ4v) is 3.28. The molecule has 0 saturated heterocycles. The average molecular weight is 336 g/mol. The van der Waals surface area contributed by atoms with Crippen molar-refractivity contribution in [3.05, 3.63) is 35.1 Å². The van der Waals surface area contributed by atoms with Crippen LogP contribution in [0.4, 0.5) is 0 Å². The van der Waals surface area contributed by atoms with E-state index in [0.717, 1.165) is 19.3 Å². The van der Waals surface area contributed by atoms with Crippen LogP contribution < -0.4 is 5.32 Å². The molecule has 2 unspecified atom stereocenters. The van der Waals surface area contributed by atoms with Crippen molar-refractivity contribution >= 4 is 17.5 Å². The summed E-state index contributed by atoms with van der Waals surface area (Å²) in [6.07, 6.45) is 4.22. The summed E-state index contributed by atoms with van der Waals surface area (Å²) >= 11 is 6.24. The topological polar surface area (TPSA) is 92.9 Å². The van der Waals surface area contributed by atoms with Gasteiger partial charge in [0.05, 0.1) is 22.9 Å². The standard InChI is InChI=1S/C15H18ClN5O2/c1-15(8-22)6-2-3-13(15)18-14(23)11-5-4-10(7-12(11)16)21-9-17-19-20-21/h4-5,7,9,13,22H,2-3,6,8H2,1H3,(H,18,23). The zero-order valence-electron chi connectivity index (χ0n) is 12.7. The van der Waals surface area contributed by atoms with Gasteiger partial charge in [-0.3, -0.25) is 4.79 Å². The summed E-state index contributed by atoms with van der Waals surface area (Å²) in [6.45, 7) is 2.05. The summed E-state index contributed by atoms with van der Waals surface area (Å²) in [5, 5.41) is 23.8. The molecule has 1 fully saturated rings. The Hall–Kier alpha value is -1.99. The first-order valence-electron chi connectivity index (χ1n) is 7.48. The number of nitrogens with zero attached hydrogens (tertiary/aromatic N) is 4. The van der Waals surface area contributed by atoms with Crippen LogP contribution >= 0.6 is 11.6 Å². The van der Waals surface area contributed by atoms with E-state index in [9.17, 15) is 9.90 Å². The molecule has 7 nitrogen and oxygen atoms in total. The van der Waals surface area contributed by atoms with E-state index < -0.39 is 0 Å². The predicted octanol–water partition coefficient (Wildman–Crippen LogP) is 1.60. The van der Waals surface area contributed by atoms with Gasteiger partial charge in [-0.25, -0.2) is 4.68 Å².